The second-order valence-electron chi connectivity index (χ2n) is 3.41. The van der Waals surface area contributed by atoms with Crippen molar-refractivity contribution in [1.82, 2.24) is 4.98 Å². The number of nitrogens with zero attached hydrogens (tertiary/aromatic N) is 2. The first-order valence-electron chi connectivity index (χ1n) is 4.84. The van der Waals surface area contributed by atoms with Crippen LogP contribution in [0.25, 0.3) is 11.0 Å². The first-order chi connectivity index (χ1) is 8.90. The summed E-state index contributed by atoms with van der Waals surface area (Å²) in [5.41, 5.74) is -0.476. The topological polar surface area (TPSA) is 62.8 Å². The van der Waals surface area contributed by atoms with Crippen molar-refractivity contribution < 1.29 is 27.1 Å². The number of aromatic amines is 1. The fraction of sp³-hybridized carbons (Fsp3) is 0.222. The molecule has 0 saturated heterocycles. The van der Waals surface area contributed by atoms with Crippen LogP contribution < -0.4 is 4.57 Å². The summed E-state index contributed by atoms with van der Waals surface area (Å²) < 4.78 is 50.6. The number of nitro benzene ring substituents is 1. The van der Waals surface area contributed by atoms with Gasteiger partial charge in [0.25, 0.3) is 11.4 Å². The summed E-state index contributed by atoms with van der Waals surface area (Å²) in [7, 11) is 0. The fourth-order valence-electron chi connectivity index (χ4n) is 1.59. The van der Waals surface area contributed by atoms with E-state index in [9.17, 15) is 27.7 Å². The van der Waals surface area contributed by atoms with Gasteiger partial charge in [-0.25, -0.2) is 4.98 Å². The highest BCUT2D eigenvalue weighted by molar-refractivity contribution is 7.99. The van der Waals surface area contributed by atoms with E-state index < -0.39 is 28.1 Å². The monoisotopic (exact) mass is 296 g/mol. The summed E-state index contributed by atoms with van der Waals surface area (Å²) in [4.78, 5) is 12.2. The Morgan fingerprint density at radius 3 is 2.53 bits per heavy atom. The molecule has 0 bridgehead atoms. The number of nitro groups is 1. The van der Waals surface area contributed by atoms with Crippen molar-refractivity contribution in [1.29, 1.82) is 0 Å². The average Bonchev–Trinajstić information content (AvgIpc) is 2.64. The number of aromatic nitrogens is 2. The summed E-state index contributed by atoms with van der Waals surface area (Å²) in [5.74, 6) is -2.88. The third kappa shape index (κ3) is 2.62. The van der Waals surface area contributed by atoms with E-state index in [0.717, 1.165) is 12.1 Å². The molecule has 0 unspecified atom stereocenters. The molecule has 0 fully saturated rings. The van der Waals surface area contributed by atoms with Crippen LogP contribution in [0.3, 0.4) is 0 Å². The summed E-state index contributed by atoms with van der Waals surface area (Å²) >= 11 is -0.0824. The van der Waals surface area contributed by atoms with E-state index in [-0.39, 0.29) is 22.8 Å². The first-order valence-corrected chi connectivity index (χ1v) is 5.72. The van der Waals surface area contributed by atoms with Crippen LogP contribution in [-0.2, 0) is 0 Å². The maximum atomic E-state index is 12.9. The Kier molecular flexibility index (Phi) is 3.60. The molecule has 10 heteroatoms. The minimum Gasteiger partial charge on any atom is -0.258 e. The predicted molar refractivity (Wildman–Crippen MR) is 58.3 cm³/mol. The third-order valence-corrected chi connectivity index (χ3v) is 3.01. The number of fused-ring (bicyclic) bond motifs is 1. The Balaban J connectivity index is 2.64. The van der Waals surface area contributed by atoms with Gasteiger partial charge in [-0.15, -0.1) is 0 Å². The van der Waals surface area contributed by atoms with E-state index in [0.29, 0.717) is 4.57 Å². The third-order valence-electron chi connectivity index (χ3n) is 2.31. The number of alkyl halides is 4. The average molecular weight is 296 g/mol. The molecule has 19 heavy (non-hydrogen) atoms. The molecule has 0 atom stereocenters. The zero-order chi connectivity index (χ0) is 14.2. The van der Waals surface area contributed by atoms with E-state index in [2.05, 4.69) is 4.98 Å². The van der Waals surface area contributed by atoms with E-state index in [1.54, 1.807) is 0 Å². The number of thioether (sulfide) groups is 1. The summed E-state index contributed by atoms with van der Waals surface area (Å²) in [6.07, 6.45) is 0. The van der Waals surface area contributed by atoms with Crippen molar-refractivity contribution in [3.63, 3.8) is 0 Å². The normalized spacial score (nSPS) is 11.7. The van der Waals surface area contributed by atoms with Crippen LogP contribution in [0.5, 0.6) is 0 Å². The van der Waals surface area contributed by atoms with Gasteiger partial charge in [0.05, 0.1) is 11.0 Å². The van der Waals surface area contributed by atoms with E-state index >= 15 is 0 Å². The van der Waals surface area contributed by atoms with Crippen molar-refractivity contribution in [2.45, 2.75) is 17.5 Å². The van der Waals surface area contributed by atoms with E-state index in [1.807, 2.05) is 0 Å². The Labute approximate surface area is 107 Å². The van der Waals surface area contributed by atoms with Crippen LogP contribution in [0.2, 0.25) is 0 Å². The maximum Gasteiger partial charge on any atom is 0.388 e. The van der Waals surface area contributed by atoms with Crippen molar-refractivity contribution in [2.75, 3.05) is 0 Å². The fourth-order valence-corrected chi connectivity index (χ4v) is 2.22. The van der Waals surface area contributed by atoms with Crippen LogP contribution in [0.4, 0.5) is 23.2 Å². The first kappa shape index (κ1) is 13.6. The largest absolute Gasteiger partial charge is 0.388 e. The van der Waals surface area contributed by atoms with E-state index in [1.165, 1.54) is 6.07 Å². The van der Waals surface area contributed by atoms with Crippen molar-refractivity contribution in [3.8, 4) is 0 Å². The molecule has 0 radical (unpaired) electrons. The number of non-ortho nitro benzene ring substituents is 1. The highest BCUT2D eigenvalue weighted by Gasteiger charge is 2.29. The Hall–Kier alpha value is -1.84. The Morgan fingerprint density at radius 1 is 1.32 bits per heavy atom. The minimum atomic E-state index is -3.09. The number of nitrogens with one attached hydrogen (secondary N) is 1. The molecule has 0 saturated carbocycles. The summed E-state index contributed by atoms with van der Waals surface area (Å²) in [6, 6.07) is 3.21. The molecule has 0 spiro atoms. The maximum absolute atomic E-state index is 12.9. The van der Waals surface area contributed by atoms with E-state index in [4.69, 9.17) is 0 Å². The van der Waals surface area contributed by atoms with Gasteiger partial charge >= 0.3 is 11.7 Å². The number of hydrogen-bond donors (Lipinski definition) is 1. The molecular weight excluding hydrogens is 290 g/mol. The predicted octanol–water partition coefficient (Wildman–Crippen LogP) is 3.07. The molecule has 102 valence electrons. The van der Waals surface area contributed by atoms with Gasteiger partial charge in [-0.3, -0.25) is 10.1 Å². The summed E-state index contributed by atoms with van der Waals surface area (Å²) in [6.45, 7) is -3.09. The SMILES string of the molecule is O=[N+]([O-])c1ccc2[nH]c(SC(F)F)[n+](C(F)F)c2c1. The number of imidazole rings is 1. The van der Waals surface area contributed by atoms with Gasteiger partial charge in [0.15, 0.2) is 11.0 Å². The highest BCUT2D eigenvalue weighted by atomic mass is 32.2. The summed E-state index contributed by atoms with van der Waals surface area (Å²) in [5, 5.41) is 10.1. The van der Waals surface area contributed by atoms with Gasteiger partial charge in [-0.1, -0.05) is 0 Å². The van der Waals surface area contributed by atoms with Gasteiger partial charge in [0, 0.05) is 17.8 Å². The molecule has 0 aliphatic rings. The molecule has 0 aliphatic carbocycles. The number of halogens is 4. The Bertz CT molecular complexity index is 631. The van der Waals surface area contributed by atoms with Crippen molar-refractivity contribution in [3.05, 3.63) is 28.3 Å². The van der Waals surface area contributed by atoms with Gasteiger partial charge in [-0.2, -0.15) is 22.1 Å². The molecule has 0 aliphatic heterocycles. The molecule has 1 aromatic carbocycles. The number of hydrogen-bond acceptors (Lipinski definition) is 3. The van der Waals surface area contributed by atoms with Crippen LogP contribution in [0.15, 0.2) is 23.4 Å². The molecule has 1 N–H and O–H groups in total. The molecule has 2 rings (SSSR count). The second-order valence-corrected chi connectivity index (χ2v) is 4.39. The molecular formula is C9H6F4N3O2S+. The van der Waals surface area contributed by atoms with Crippen molar-refractivity contribution >= 4 is 28.5 Å². The van der Waals surface area contributed by atoms with Gasteiger partial charge in [0.1, 0.15) is 0 Å². The van der Waals surface area contributed by atoms with Crippen LogP contribution >= 0.6 is 11.8 Å². The standard InChI is InChI=1S/C9H5F4N3O2S/c10-7(11)15-6-3-4(16(17)18)1-2-5(6)14-9(15)19-8(12)13/h1-3,7-8H/p+1. The second kappa shape index (κ2) is 5.03. The van der Waals surface area contributed by atoms with Crippen LogP contribution in [-0.4, -0.2) is 15.7 Å². The zero-order valence-corrected chi connectivity index (χ0v) is 9.83. The van der Waals surface area contributed by atoms with Gasteiger partial charge in [-0.05, 0) is 6.07 Å². The number of benzene rings is 1. The Morgan fingerprint density at radius 2 is 2.00 bits per heavy atom. The van der Waals surface area contributed by atoms with Crippen molar-refractivity contribution in [2.24, 2.45) is 0 Å². The molecule has 1 heterocycles. The molecule has 0 amide bonds. The molecule has 2 aromatic rings. The lowest BCUT2D eigenvalue weighted by Gasteiger charge is -1.98. The van der Waals surface area contributed by atoms with Gasteiger partial charge < -0.3 is 0 Å². The highest BCUT2D eigenvalue weighted by Crippen LogP contribution is 2.27. The van der Waals surface area contributed by atoms with Crippen LogP contribution in [0, 0.1) is 10.1 Å². The molecule has 5 nitrogen and oxygen atoms in total. The zero-order valence-electron chi connectivity index (χ0n) is 9.02. The van der Waals surface area contributed by atoms with Gasteiger partial charge in [0.2, 0.25) is 0 Å². The quantitative estimate of drug-likeness (QED) is 0.310. The number of H-pyrrole nitrogens is 1. The smallest absolute Gasteiger partial charge is 0.258 e. The number of rotatable bonds is 4. The minimum absolute atomic E-state index is 0.0824. The molecule has 1 aromatic heterocycles. The lowest BCUT2D eigenvalue weighted by atomic mass is 10.3. The lowest BCUT2D eigenvalue weighted by Crippen LogP contribution is -2.36. The lowest BCUT2D eigenvalue weighted by molar-refractivity contribution is -0.782. The van der Waals surface area contributed by atoms with Crippen LogP contribution in [0.1, 0.15) is 6.55 Å².